The summed E-state index contributed by atoms with van der Waals surface area (Å²) < 4.78 is 37.9. The van der Waals surface area contributed by atoms with Gasteiger partial charge >= 0.3 is 25.7 Å². The zero-order valence-corrected chi connectivity index (χ0v) is 26.8. The fourth-order valence-electron chi connectivity index (χ4n) is 4.91. The van der Waals surface area contributed by atoms with E-state index in [0.29, 0.717) is 11.8 Å². The van der Waals surface area contributed by atoms with Gasteiger partial charge in [-0.05, 0) is 49.4 Å². The molecule has 3 saturated heterocycles. The molecule has 2 unspecified atom stereocenters. The van der Waals surface area contributed by atoms with Crippen LogP contribution >= 0.6 is 0 Å². The zero-order chi connectivity index (χ0) is 25.0. The van der Waals surface area contributed by atoms with E-state index in [4.69, 9.17) is 25.9 Å². The molecule has 0 radical (unpaired) electrons. The van der Waals surface area contributed by atoms with Crippen LogP contribution in [0.2, 0.25) is 26.2 Å². The van der Waals surface area contributed by atoms with Crippen molar-refractivity contribution >= 4 is 35.7 Å². The third kappa shape index (κ3) is 8.01. The Morgan fingerprint density at radius 1 is 0.765 bits per heavy atom. The quantitative estimate of drug-likeness (QED) is 0.431. The molecule has 12 heteroatoms. The topological polar surface area (TPSA) is 61.9 Å². The number of hydrogen-bond donors (Lipinski definition) is 0. The fourth-order valence-corrected chi connectivity index (χ4v) is 19.7. The molecule has 3 heterocycles. The highest BCUT2D eigenvalue weighted by atomic mass is 28.5. The average Bonchev–Trinajstić information content (AvgIpc) is 3.35. The van der Waals surface area contributed by atoms with Gasteiger partial charge in [-0.15, -0.1) is 0 Å². The molecule has 0 N–H and O–H groups in total. The van der Waals surface area contributed by atoms with Gasteiger partial charge in [-0.25, -0.2) is 0 Å². The highest BCUT2D eigenvalue weighted by Gasteiger charge is 2.47. The maximum absolute atomic E-state index is 6.83. The summed E-state index contributed by atoms with van der Waals surface area (Å²) >= 11 is 0. The van der Waals surface area contributed by atoms with Gasteiger partial charge in [0.1, 0.15) is 12.5 Å². The summed E-state index contributed by atoms with van der Waals surface area (Å²) in [5, 5.41) is 0. The normalized spacial score (nSPS) is 34.2. The lowest BCUT2D eigenvalue weighted by Gasteiger charge is -2.41. The first-order valence-corrected chi connectivity index (χ1v) is 21.4. The summed E-state index contributed by atoms with van der Waals surface area (Å²) in [6, 6.07) is 0. The molecule has 2 atom stereocenters. The van der Waals surface area contributed by atoms with Crippen LogP contribution in [0.3, 0.4) is 0 Å². The van der Waals surface area contributed by atoms with E-state index in [-0.39, 0.29) is 12.5 Å². The molecule has 3 rings (SSSR count). The molecular weight excluding hydrogens is 501 g/mol. The first kappa shape index (κ1) is 28.6. The Balaban J connectivity index is 1.77. The van der Waals surface area contributed by atoms with E-state index in [0.717, 1.165) is 39.4 Å². The number of nitrogens with zero attached hydrogens (tertiary/aromatic N) is 2. The summed E-state index contributed by atoms with van der Waals surface area (Å²) in [4.78, 5) is 4.77. The minimum Gasteiger partial charge on any atom is -0.420 e. The molecule has 0 spiro atoms. The van der Waals surface area contributed by atoms with Crippen LogP contribution in [-0.2, 0) is 25.9 Å². The van der Waals surface area contributed by atoms with Gasteiger partial charge in [-0.3, -0.25) is 9.80 Å². The second kappa shape index (κ2) is 12.0. The van der Waals surface area contributed by atoms with Gasteiger partial charge in [0, 0.05) is 26.2 Å². The molecule has 0 saturated carbocycles. The Labute approximate surface area is 212 Å². The van der Waals surface area contributed by atoms with Gasteiger partial charge in [0.15, 0.2) is 0 Å². The minimum atomic E-state index is -2.81. The molecule has 0 aromatic heterocycles. The van der Waals surface area contributed by atoms with Crippen LogP contribution in [-0.4, -0.2) is 97.3 Å². The number of hydrogen-bond acceptors (Lipinski definition) is 8. The molecule has 196 valence electrons. The van der Waals surface area contributed by atoms with Gasteiger partial charge in [-0.2, -0.15) is 0 Å². The van der Waals surface area contributed by atoms with Crippen LogP contribution in [0.5, 0.6) is 0 Å². The molecule has 34 heavy (non-hydrogen) atoms. The molecule has 0 aromatic carbocycles. The second-order valence-corrected chi connectivity index (χ2v) is 22.8. The van der Waals surface area contributed by atoms with Crippen molar-refractivity contribution in [3.63, 3.8) is 0 Å². The lowest BCUT2D eigenvalue weighted by Crippen LogP contribution is -2.59. The van der Waals surface area contributed by atoms with Gasteiger partial charge in [-0.1, -0.05) is 39.8 Å². The molecule has 0 bridgehead atoms. The van der Waals surface area contributed by atoms with Gasteiger partial charge < -0.3 is 25.9 Å². The number of rotatable bonds is 8. The summed E-state index contributed by atoms with van der Waals surface area (Å²) in [6.45, 7) is 22.3. The van der Waals surface area contributed by atoms with Crippen LogP contribution in [0.4, 0.5) is 0 Å². The molecule has 3 aliphatic heterocycles. The lowest BCUT2D eigenvalue weighted by molar-refractivity contribution is 0.00324. The largest absolute Gasteiger partial charge is 0.420 e. The maximum Gasteiger partial charge on any atom is 0.373 e. The molecule has 0 aromatic rings. The predicted octanol–water partition coefficient (Wildman–Crippen LogP) is 2.73. The Kier molecular flexibility index (Phi) is 10.1. The Hall–Kier alpha value is 0.0275. The lowest BCUT2D eigenvalue weighted by atomic mass is 10.2. The monoisotopic (exact) mass is 546 g/mol. The van der Waals surface area contributed by atoms with E-state index in [1.807, 2.05) is 0 Å². The van der Waals surface area contributed by atoms with Crippen molar-refractivity contribution in [2.24, 2.45) is 11.8 Å². The van der Waals surface area contributed by atoms with Crippen molar-refractivity contribution in [2.45, 2.75) is 66.3 Å². The molecule has 3 aliphatic rings. The van der Waals surface area contributed by atoms with E-state index in [1.54, 1.807) is 0 Å². The molecule has 8 nitrogen and oxygen atoms in total. The van der Waals surface area contributed by atoms with Gasteiger partial charge in [0.2, 0.25) is 0 Å². The molecule has 0 amide bonds. The fraction of sp³-hybridized carbons (Fsp3) is 0.818. The van der Waals surface area contributed by atoms with E-state index in [9.17, 15) is 0 Å². The van der Waals surface area contributed by atoms with E-state index < -0.39 is 35.7 Å². The van der Waals surface area contributed by atoms with Crippen molar-refractivity contribution in [2.75, 3.05) is 39.4 Å². The first-order valence-electron chi connectivity index (χ1n) is 12.7. The molecule has 3 fully saturated rings. The van der Waals surface area contributed by atoms with Crippen molar-refractivity contribution in [3.05, 3.63) is 23.6 Å². The van der Waals surface area contributed by atoms with Crippen molar-refractivity contribution in [1.82, 2.24) is 9.80 Å². The van der Waals surface area contributed by atoms with Crippen LogP contribution in [0, 0.1) is 11.8 Å². The third-order valence-electron chi connectivity index (χ3n) is 6.16. The summed E-state index contributed by atoms with van der Waals surface area (Å²) in [5.41, 5.74) is 4.38. The Morgan fingerprint density at radius 3 is 1.74 bits per heavy atom. The smallest absolute Gasteiger partial charge is 0.373 e. The van der Waals surface area contributed by atoms with Gasteiger partial charge in [0.25, 0.3) is 10.0 Å². The zero-order valence-electron chi connectivity index (χ0n) is 22.4. The second-order valence-electron chi connectivity index (χ2n) is 10.9. The SMILES string of the molecule is CC(C)C1OCCN1CC=C[Si]1(C=CCN2CCOC2C(C)C)O[SiH2]O[Si](C)(C)O[Si](C)(C)O1. The molecule has 0 aliphatic carbocycles. The van der Waals surface area contributed by atoms with Crippen LogP contribution in [0.25, 0.3) is 0 Å². The van der Waals surface area contributed by atoms with E-state index in [1.165, 1.54) is 0 Å². The summed E-state index contributed by atoms with van der Waals surface area (Å²) in [6.07, 6.45) is 4.75. The van der Waals surface area contributed by atoms with E-state index >= 15 is 0 Å². The predicted molar refractivity (Wildman–Crippen MR) is 144 cm³/mol. The Bertz CT molecular complexity index is 684. The van der Waals surface area contributed by atoms with Crippen molar-refractivity contribution in [1.29, 1.82) is 0 Å². The summed E-state index contributed by atoms with van der Waals surface area (Å²) in [7, 11) is -8.71. The Morgan fingerprint density at radius 2 is 1.26 bits per heavy atom. The first-order chi connectivity index (χ1) is 15.9. The van der Waals surface area contributed by atoms with Gasteiger partial charge in [0.05, 0.1) is 13.2 Å². The minimum absolute atomic E-state index is 0.166. The average molecular weight is 547 g/mol. The standard InChI is InChI=1S/C22H46N2O6Si4/c1-19(2)21-23(13-15-25-21)11-9-17-34(18-10-12-24-14-16-26-22(24)20(3)4)28-31-27-32(5,6)29-33(7,8)30-34/h9-10,17-22H,11-16,31H2,1-8H3. The van der Waals surface area contributed by atoms with Crippen LogP contribution < -0.4 is 0 Å². The van der Waals surface area contributed by atoms with E-state index in [2.05, 4.69) is 87.2 Å². The van der Waals surface area contributed by atoms with Crippen LogP contribution in [0.1, 0.15) is 27.7 Å². The van der Waals surface area contributed by atoms with Crippen LogP contribution in [0.15, 0.2) is 23.6 Å². The highest BCUT2D eigenvalue weighted by Crippen LogP contribution is 2.27. The summed E-state index contributed by atoms with van der Waals surface area (Å²) in [5.74, 6) is 0.917. The highest BCUT2D eigenvalue weighted by molar-refractivity contribution is 6.92. The third-order valence-corrected chi connectivity index (χ3v) is 20.3. The molecular formula is C22H46N2O6Si4. The van der Waals surface area contributed by atoms with Crippen molar-refractivity contribution < 1.29 is 25.9 Å². The maximum atomic E-state index is 6.83. The number of ether oxygens (including phenoxy) is 2. The van der Waals surface area contributed by atoms with Crippen molar-refractivity contribution in [3.8, 4) is 0 Å².